The van der Waals surface area contributed by atoms with E-state index in [4.69, 9.17) is 21.1 Å². The molecule has 1 fully saturated rings. The van der Waals surface area contributed by atoms with Gasteiger partial charge < -0.3 is 9.47 Å². The summed E-state index contributed by atoms with van der Waals surface area (Å²) in [5.41, 5.74) is 2.35. The van der Waals surface area contributed by atoms with Gasteiger partial charge in [-0.15, -0.1) is 10.2 Å². The van der Waals surface area contributed by atoms with Crippen molar-refractivity contribution in [3.8, 4) is 16.9 Å². The average Bonchev–Trinajstić information content (AvgIpc) is 3.31. The van der Waals surface area contributed by atoms with E-state index >= 15 is 0 Å². The number of amides is 1. The van der Waals surface area contributed by atoms with E-state index in [1.54, 1.807) is 12.1 Å². The Morgan fingerprint density at radius 2 is 1.82 bits per heavy atom. The van der Waals surface area contributed by atoms with Gasteiger partial charge in [0.2, 0.25) is 5.13 Å². The quantitative estimate of drug-likeness (QED) is 0.382. The van der Waals surface area contributed by atoms with Gasteiger partial charge in [0, 0.05) is 28.9 Å². The van der Waals surface area contributed by atoms with E-state index in [2.05, 4.69) is 25.5 Å². The molecule has 178 valence electrons. The maximum Gasteiger partial charge on any atom is 0.308 e. The van der Waals surface area contributed by atoms with Crippen LogP contribution in [0.5, 0.6) is 5.75 Å². The highest BCUT2D eigenvalue weighted by molar-refractivity contribution is 7.15. The van der Waals surface area contributed by atoms with Crippen molar-refractivity contribution >= 4 is 39.9 Å². The van der Waals surface area contributed by atoms with Crippen LogP contribution in [0, 0.1) is 12.8 Å². The van der Waals surface area contributed by atoms with Gasteiger partial charge in [0.15, 0.2) is 0 Å². The Labute approximate surface area is 205 Å². The summed E-state index contributed by atoms with van der Waals surface area (Å²) in [6, 6.07) is 3.45. The lowest BCUT2D eigenvalue weighted by atomic mass is 9.82. The minimum absolute atomic E-state index is 0.0560. The summed E-state index contributed by atoms with van der Waals surface area (Å²) in [6.45, 7) is 1.84. The Balaban J connectivity index is 1.52. The number of nitrogens with one attached hydrogen (secondary N) is 1. The molecule has 4 rings (SSSR count). The number of rotatable bonds is 6. The van der Waals surface area contributed by atoms with E-state index in [0.717, 1.165) is 36.4 Å². The maximum absolute atomic E-state index is 13.2. The number of ether oxygens (including phenoxy) is 2. The van der Waals surface area contributed by atoms with Crippen LogP contribution in [0.4, 0.5) is 5.13 Å². The van der Waals surface area contributed by atoms with Crippen LogP contribution in [0.15, 0.2) is 24.5 Å². The molecular formula is C23H24ClN5O4S. The Kier molecular flexibility index (Phi) is 7.38. The summed E-state index contributed by atoms with van der Waals surface area (Å²) in [7, 11) is 2.95. The fourth-order valence-electron chi connectivity index (χ4n) is 4.11. The SMILES string of the molecule is COc1cnc(Cl)cc1-c1cc(C)ncc1C(=O)Nc1nnc([C@H]2CC[C@@H](C(=O)OC)CC2)s1. The van der Waals surface area contributed by atoms with Crippen molar-refractivity contribution in [1.82, 2.24) is 20.2 Å². The maximum atomic E-state index is 13.2. The Bertz CT molecular complexity index is 1210. The highest BCUT2D eigenvalue weighted by Crippen LogP contribution is 2.38. The monoisotopic (exact) mass is 501 g/mol. The normalized spacial score (nSPS) is 17.8. The predicted molar refractivity (Wildman–Crippen MR) is 128 cm³/mol. The molecule has 1 saturated carbocycles. The number of carbonyl (C=O) groups excluding carboxylic acids is 2. The number of aromatic nitrogens is 4. The third-order valence-electron chi connectivity index (χ3n) is 5.90. The van der Waals surface area contributed by atoms with Gasteiger partial charge in [0.25, 0.3) is 5.91 Å². The van der Waals surface area contributed by atoms with Gasteiger partial charge in [-0.1, -0.05) is 22.9 Å². The standard InChI is InChI=1S/C23H24ClN5O4S/c1-12-8-15(16-9-19(24)26-11-18(16)32-2)17(10-25-12)20(30)27-23-29-28-21(34-23)13-4-6-14(7-5-13)22(31)33-3/h8-11,13-14H,4-7H2,1-3H3,(H,27,29,30)/t13-,14+. The third kappa shape index (κ3) is 5.18. The molecule has 3 aromatic rings. The van der Waals surface area contributed by atoms with Crippen LogP contribution in [0.1, 0.15) is 52.7 Å². The summed E-state index contributed by atoms with van der Waals surface area (Å²) >= 11 is 7.46. The minimum atomic E-state index is -0.366. The number of esters is 1. The lowest BCUT2D eigenvalue weighted by Gasteiger charge is -2.24. The van der Waals surface area contributed by atoms with Crippen LogP contribution < -0.4 is 10.1 Å². The van der Waals surface area contributed by atoms with Crippen molar-refractivity contribution in [1.29, 1.82) is 0 Å². The summed E-state index contributed by atoms with van der Waals surface area (Å²) in [4.78, 5) is 33.3. The molecule has 0 radical (unpaired) electrons. The van der Waals surface area contributed by atoms with Crippen molar-refractivity contribution < 1.29 is 19.1 Å². The van der Waals surface area contributed by atoms with Crippen LogP contribution in [0.2, 0.25) is 5.15 Å². The lowest BCUT2D eigenvalue weighted by molar-refractivity contribution is -0.146. The van der Waals surface area contributed by atoms with Crippen molar-refractivity contribution in [3.05, 3.63) is 45.9 Å². The first-order chi connectivity index (χ1) is 16.4. The van der Waals surface area contributed by atoms with Gasteiger partial charge >= 0.3 is 5.97 Å². The van der Waals surface area contributed by atoms with Gasteiger partial charge in [-0.25, -0.2) is 4.98 Å². The predicted octanol–water partition coefficient (Wildman–Crippen LogP) is 4.66. The van der Waals surface area contributed by atoms with Crippen molar-refractivity contribution in [2.75, 3.05) is 19.5 Å². The Hall–Kier alpha value is -3.11. The number of anilines is 1. The average molecular weight is 502 g/mol. The number of methoxy groups -OCH3 is 2. The number of aryl methyl sites for hydroxylation is 1. The number of hydrogen-bond donors (Lipinski definition) is 1. The molecule has 3 heterocycles. The minimum Gasteiger partial charge on any atom is -0.494 e. The largest absolute Gasteiger partial charge is 0.494 e. The molecular weight excluding hydrogens is 478 g/mol. The molecule has 1 aliphatic rings. The molecule has 0 bridgehead atoms. The van der Waals surface area contributed by atoms with Crippen LogP contribution in [0.25, 0.3) is 11.1 Å². The summed E-state index contributed by atoms with van der Waals surface area (Å²) < 4.78 is 10.3. The molecule has 34 heavy (non-hydrogen) atoms. The molecule has 0 unspecified atom stereocenters. The number of halogens is 1. The molecule has 0 spiro atoms. The van der Waals surface area contributed by atoms with E-state index in [-0.39, 0.29) is 28.9 Å². The number of pyridine rings is 2. The zero-order chi connectivity index (χ0) is 24.2. The number of carbonyl (C=O) groups is 2. The molecule has 11 heteroatoms. The van der Waals surface area contributed by atoms with Crippen LogP contribution in [0.3, 0.4) is 0 Å². The van der Waals surface area contributed by atoms with E-state index in [0.29, 0.717) is 27.6 Å². The molecule has 3 aromatic heterocycles. The summed E-state index contributed by atoms with van der Waals surface area (Å²) in [5, 5.41) is 12.8. The van der Waals surface area contributed by atoms with Crippen LogP contribution >= 0.6 is 22.9 Å². The second kappa shape index (κ2) is 10.4. The topological polar surface area (TPSA) is 116 Å². The summed E-state index contributed by atoms with van der Waals surface area (Å²) in [6.07, 6.45) is 6.21. The van der Waals surface area contributed by atoms with E-state index in [1.807, 2.05) is 6.92 Å². The highest BCUT2D eigenvalue weighted by atomic mass is 35.5. The molecule has 0 saturated heterocycles. The van der Waals surface area contributed by atoms with Gasteiger partial charge in [-0.05, 0) is 44.7 Å². The molecule has 9 nitrogen and oxygen atoms in total. The van der Waals surface area contributed by atoms with Gasteiger partial charge in [-0.2, -0.15) is 0 Å². The van der Waals surface area contributed by atoms with E-state index in [1.165, 1.54) is 38.0 Å². The Morgan fingerprint density at radius 3 is 2.53 bits per heavy atom. The van der Waals surface area contributed by atoms with Gasteiger partial charge in [0.05, 0.1) is 31.9 Å². The van der Waals surface area contributed by atoms with Crippen molar-refractivity contribution in [2.24, 2.45) is 5.92 Å². The third-order valence-corrected chi connectivity index (χ3v) is 7.11. The van der Waals surface area contributed by atoms with Crippen LogP contribution in [-0.2, 0) is 9.53 Å². The highest BCUT2D eigenvalue weighted by Gasteiger charge is 2.29. The first-order valence-electron chi connectivity index (χ1n) is 10.8. The zero-order valence-electron chi connectivity index (χ0n) is 19.0. The van der Waals surface area contributed by atoms with Gasteiger partial charge in [0.1, 0.15) is 15.9 Å². The lowest BCUT2D eigenvalue weighted by Crippen LogP contribution is -2.22. The Morgan fingerprint density at radius 1 is 1.06 bits per heavy atom. The van der Waals surface area contributed by atoms with Gasteiger partial charge in [-0.3, -0.25) is 19.9 Å². The first-order valence-corrected chi connectivity index (χ1v) is 12.0. The smallest absolute Gasteiger partial charge is 0.308 e. The fourth-order valence-corrected chi connectivity index (χ4v) is 5.18. The first kappa shape index (κ1) is 24.0. The van der Waals surface area contributed by atoms with Crippen molar-refractivity contribution in [3.63, 3.8) is 0 Å². The van der Waals surface area contributed by atoms with E-state index in [9.17, 15) is 9.59 Å². The molecule has 1 aliphatic carbocycles. The molecule has 1 N–H and O–H groups in total. The molecule has 0 aliphatic heterocycles. The molecule has 0 aromatic carbocycles. The van der Waals surface area contributed by atoms with Crippen molar-refractivity contribution in [2.45, 2.75) is 38.5 Å². The number of nitrogens with zero attached hydrogens (tertiary/aromatic N) is 4. The fraction of sp³-hybridized carbons (Fsp3) is 0.391. The molecule has 0 atom stereocenters. The second-order valence-electron chi connectivity index (χ2n) is 8.05. The molecule has 1 amide bonds. The number of hydrogen-bond acceptors (Lipinski definition) is 9. The summed E-state index contributed by atoms with van der Waals surface area (Å²) in [5.74, 6) is 0.126. The second-order valence-corrected chi connectivity index (χ2v) is 9.45. The zero-order valence-corrected chi connectivity index (χ0v) is 20.6. The van der Waals surface area contributed by atoms with Crippen LogP contribution in [-0.4, -0.2) is 46.3 Å². The van der Waals surface area contributed by atoms with E-state index < -0.39 is 0 Å².